The molecule has 0 unspecified atom stereocenters. The highest BCUT2D eigenvalue weighted by atomic mass is 32.2. The van der Waals surface area contributed by atoms with Crippen LogP contribution in [0, 0.1) is 0 Å². The van der Waals surface area contributed by atoms with Gasteiger partial charge in [0.25, 0.3) is 15.9 Å². The van der Waals surface area contributed by atoms with Crippen molar-refractivity contribution in [3.8, 4) is 0 Å². The van der Waals surface area contributed by atoms with Crippen molar-refractivity contribution in [2.24, 2.45) is 0 Å². The van der Waals surface area contributed by atoms with Crippen molar-refractivity contribution in [3.05, 3.63) is 48.7 Å². The molecule has 1 fully saturated rings. The van der Waals surface area contributed by atoms with Crippen molar-refractivity contribution in [1.29, 1.82) is 0 Å². The summed E-state index contributed by atoms with van der Waals surface area (Å²) < 4.78 is 26.5. The molecule has 0 aliphatic heterocycles. The van der Waals surface area contributed by atoms with Crippen molar-refractivity contribution >= 4 is 27.1 Å². The van der Waals surface area contributed by atoms with Crippen LogP contribution in [0.5, 0.6) is 0 Å². The summed E-state index contributed by atoms with van der Waals surface area (Å²) in [4.78, 5) is 23.8. The van der Waals surface area contributed by atoms with E-state index in [2.05, 4.69) is 20.3 Å². The Bertz CT molecular complexity index is 1020. The number of rotatable bonds is 4. The second-order valence-corrected chi connectivity index (χ2v) is 7.36. The SMILES string of the molecule is O=C(NC1CC1)c1ccc(S(=O)(=O)n2cnc3cncnc32)cc1. The molecule has 0 bridgehead atoms. The second-order valence-electron chi connectivity index (χ2n) is 5.55. The minimum atomic E-state index is -3.84. The molecule has 0 spiro atoms. The van der Waals surface area contributed by atoms with Gasteiger partial charge in [-0.25, -0.2) is 27.3 Å². The Balaban J connectivity index is 1.68. The fraction of sp³-hybridized carbons (Fsp3) is 0.200. The minimum Gasteiger partial charge on any atom is -0.349 e. The summed E-state index contributed by atoms with van der Waals surface area (Å²) in [5, 5.41) is 2.86. The molecule has 0 saturated heterocycles. The molecule has 0 atom stereocenters. The van der Waals surface area contributed by atoms with Crippen LogP contribution in [0.3, 0.4) is 0 Å². The first kappa shape index (κ1) is 14.8. The highest BCUT2D eigenvalue weighted by Crippen LogP contribution is 2.21. The number of carbonyl (C=O) groups is 1. The first-order valence-corrected chi connectivity index (χ1v) is 8.79. The Hall–Kier alpha value is -2.81. The second kappa shape index (κ2) is 5.38. The molecule has 9 heteroatoms. The Morgan fingerprint density at radius 1 is 1.17 bits per heavy atom. The predicted octanol–water partition coefficient (Wildman–Crippen LogP) is 0.955. The standard InChI is InChI=1S/C15H13N5O3S/c21-15(19-11-3-4-11)10-1-5-12(6-2-10)24(22,23)20-9-18-13-7-16-8-17-14(13)20/h1-2,5-9,11H,3-4H2,(H,19,21). The van der Waals surface area contributed by atoms with Gasteiger partial charge in [0.05, 0.1) is 11.1 Å². The van der Waals surface area contributed by atoms with E-state index in [1.807, 2.05) is 0 Å². The first-order chi connectivity index (χ1) is 11.6. The number of nitrogens with one attached hydrogen (secondary N) is 1. The van der Waals surface area contributed by atoms with Crippen molar-refractivity contribution in [3.63, 3.8) is 0 Å². The number of amides is 1. The van der Waals surface area contributed by atoms with Crippen LogP contribution in [0.2, 0.25) is 0 Å². The van der Waals surface area contributed by atoms with Crippen LogP contribution in [-0.4, -0.2) is 39.3 Å². The van der Waals surface area contributed by atoms with Gasteiger partial charge in [-0.05, 0) is 37.1 Å². The maximum Gasteiger partial charge on any atom is 0.270 e. The van der Waals surface area contributed by atoms with E-state index in [1.54, 1.807) is 0 Å². The average molecular weight is 343 g/mol. The van der Waals surface area contributed by atoms with E-state index in [4.69, 9.17) is 0 Å². The topological polar surface area (TPSA) is 107 Å². The molecule has 1 amide bonds. The zero-order valence-corrected chi connectivity index (χ0v) is 13.3. The number of nitrogens with zero attached hydrogens (tertiary/aromatic N) is 4. The van der Waals surface area contributed by atoms with Crippen molar-refractivity contribution in [2.75, 3.05) is 0 Å². The summed E-state index contributed by atoms with van der Waals surface area (Å²) in [5.74, 6) is -0.192. The van der Waals surface area contributed by atoms with Gasteiger partial charge in [-0.2, -0.15) is 0 Å². The Morgan fingerprint density at radius 2 is 1.92 bits per heavy atom. The van der Waals surface area contributed by atoms with Gasteiger partial charge in [0.2, 0.25) is 0 Å². The molecule has 24 heavy (non-hydrogen) atoms. The highest BCUT2D eigenvalue weighted by molar-refractivity contribution is 7.90. The highest BCUT2D eigenvalue weighted by Gasteiger charge is 2.24. The monoisotopic (exact) mass is 343 g/mol. The van der Waals surface area contributed by atoms with Gasteiger partial charge in [0.1, 0.15) is 18.2 Å². The molecular weight excluding hydrogens is 330 g/mol. The fourth-order valence-corrected chi connectivity index (χ4v) is 3.56. The molecule has 4 rings (SSSR count). The zero-order chi connectivity index (χ0) is 16.7. The minimum absolute atomic E-state index is 0.0587. The molecule has 1 aliphatic rings. The molecule has 2 heterocycles. The third-order valence-electron chi connectivity index (χ3n) is 3.77. The van der Waals surface area contributed by atoms with E-state index < -0.39 is 10.0 Å². The van der Waals surface area contributed by atoms with Crippen LogP contribution >= 0.6 is 0 Å². The van der Waals surface area contributed by atoms with Gasteiger partial charge in [0, 0.05) is 11.6 Å². The van der Waals surface area contributed by atoms with Crippen LogP contribution in [0.15, 0.2) is 48.0 Å². The molecule has 1 N–H and O–H groups in total. The number of carbonyl (C=O) groups excluding carboxylic acids is 1. The van der Waals surface area contributed by atoms with E-state index in [1.165, 1.54) is 43.1 Å². The van der Waals surface area contributed by atoms with E-state index in [0.717, 1.165) is 16.8 Å². The first-order valence-electron chi connectivity index (χ1n) is 7.35. The Kier molecular flexibility index (Phi) is 3.31. The summed E-state index contributed by atoms with van der Waals surface area (Å²) in [6.07, 6.45) is 5.89. The van der Waals surface area contributed by atoms with Gasteiger partial charge in [-0.3, -0.25) is 4.79 Å². The van der Waals surface area contributed by atoms with E-state index in [0.29, 0.717) is 11.1 Å². The quantitative estimate of drug-likeness (QED) is 0.756. The summed E-state index contributed by atoms with van der Waals surface area (Å²) in [7, 11) is -3.84. The van der Waals surface area contributed by atoms with Crippen molar-refractivity contribution in [1.82, 2.24) is 24.2 Å². The molecule has 1 aromatic carbocycles. The summed E-state index contributed by atoms with van der Waals surface area (Å²) in [5.41, 5.74) is 1.03. The lowest BCUT2D eigenvalue weighted by atomic mass is 10.2. The maximum absolute atomic E-state index is 12.7. The Labute approximate surface area is 137 Å². The lowest BCUT2D eigenvalue weighted by Gasteiger charge is -2.07. The summed E-state index contributed by atoms with van der Waals surface area (Å²) >= 11 is 0. The van der Waals surface area contributed by atoms with Crippen LogP contribution in [0.4, 0.5) is 0 Å². The average Bonchev–Trinajstić information content (AvgIpc) is 3.29. The van der Waals surface area contributed by atoms with Gasteiger partial charge in [0.15, 0.2) is 5.65 Å². The number of hydrogen-bond donors (Lipinski definition) is 1. The number of imidazole rings is 1. The lowest BCUT2D eigenvalue weighted by Crippen LogP contribution is -2.25. The number of benzene rings is 1. The molecule has 1 aliphatic carbocycles. The molecule has 0 radical (unpaired) electrons. The van der Waals surface area contributed by atoms with Crippen LogP contribution in [0.1, 0.15) is 23.2 Å². The molecule has 3 aromatic rings. The molecule has 122 valence electrons. The van der Waals surface area contributed by atoms with E-state index >= 15 is 0 Å². The largest absolute Gasteiger partial charge is 0.349 e. The third-order valence-corrected chi connectivity index (χ3v) is 5.42. The maximum atomic E-state index is 12.7. The van der Waals surface area contributed by atoms with Crippen LogP contribution < -0.4 is 5.32 Å². The van der Waals surface area contributed by atoms with Gasteiger partial charge >= 0.3 is 0 Å². The van der Waals surface area contributed by atoms with Gasteiger partial charge < -0.3 is 5.32 Å². The fourth-order valence-electron chi connectivity index (χ4n) is 2.31. The summed E-state index contributed by atoms with van der Waals surface area (Å²) in [6, 6.07) is 6.06. The normalized spacial score (nSPS) is 14.7. The van der Waals surface area contributed by atoms with Crippen molar-refractivity contribution < 1.29 is 13.2 Å². The Morgan fingerprint density at radius 3 is 2.62 bits per heavy atom. The van der Waals surface area contributed by atoms with E-state index in [9.17, 15) is 13.2 Å². The van der Waals surface area contributed by atoms with Crippen LogP contribution in [0.25, 0.3) is 11.2 Å². The molecule has 2 aromatic heterocycles. The lowest BCUT2D eigenvalue weighted by molar-refractivity contribution is 0.0951. The smallest absolute Gasteiger partial charge is 0.270 e. The number of fused-ring (bicyclic) bond motifs is 1. The van der Waals surface area contributed by atoms with Gasteiger partial charge in [-0.1, -0.05) is 0 Å². The summed E-state index contributed by atoms with van der Waals surface area (Å²) in [6.45, 7) is 0. The van der Waals surface area contributed by atoms with E-state index in [-0.39, 0.29) is 22.5 Å². The molecular formula is C15H13N5O3S. The molecule has 8 nitrogen and oxygen atoms in total. The zero-order valence-electron chi connectivity index (χ0n) is 12.5. The third kappa shape index (κ3) is 2.52. The van der Waals surface area contributed by atoms with Crippen LogP contribution in [-0.2, 0) is 10.0 Å². The predicted molar refractivity (Wildman–Crippen MR) is 84.8 cm³/mol. The molecule has 1 saturated carbocycles. The van der Waals surface area contributed by atoms with Crippen molar-refractivity contribution in [2.45, 2.75) is 23.8 Å². The van der Waals surface area contributed by atoms with Gasteiger partial charge in [-0.15, -0.1) is 0 Å². The number of aromatic nitrogens is 4. The number of hydrogen-bond acceptors (Lipinski definition) is 6.